The molecular weight excluding hydrogens is 270 g/mol. The van der Waals surface area contributed by atoms with Gasteiger partial charge in [-0.3, -0.25) is 9.89 Å². The summed E-state index contributed by atoms with van der Waals surface area (Å²) in [6, 6.07) is 1.88. The summed E-state index contributed by atoms with van der Waals surface area (Å²) in [6.45, 7) is 2.99. The van der Waals surface area contributed by atoms with Crippen molar-refractivity contribution in [3.8, 4) is 0 Å². The van der Waals surface area contributed by atoms with Gasteiger partial charge in [0.25, 0.3) is 0 Å². The van der Waals surface area contributed by atoms with Crippen molar-refractivity contribution in [2.24, 2.45) is 0 Å². The minimum absolute atomic E-state index is 0.0327. The standard InChI is InChI=1S/C15H23N3O3/c1-11-7-12(18-17-11)8-14(19)16-9-13-10-20-15(21-13)5-3-2-4-6-15/h7,13H,2-6,8-10H2,1H3,(H,16,19)(H,17,18)/t13-/m0/s1. The molecule has 1 aliphatic heterocycles. The van der Waals surface area contributed by atoms with Crippen LogP contribution in [0.25, 0.3) is 0 Å². The van der Waals surface area contributed by atoms with Crippen LogP contribution < -0.4 is 5.32 Å². The zero-order valence-corrected chi connectivity index (χ0v) is 12.5. The average Bonchev–Trinajstić information content (AvgIpc) is 3.05. The van der Waals surface area contributed by atoms with Crippen molar-refractivity contribution >= 4 is 5.91 Å². The zero-order valence-electron chi connectivity index (χ0n) is 12.5. The van der Waals surface area contributed by atoms with Crippen LogP contribution in [0.1, 0.15) is 43.5 Å². The van der Waals surface area contributed by atoms with Gasteiger partial charge in [0.15, 0.2) is 5.79 Å². The fraction of sp³-hybridized carbons (Fsp3) is 0.733. The highest BCUT2D eigenvalue weighted by Gasteiger charge is 2.42. The van der Waals surface area contributed by atoms with Crippen molar-refractivity contribution < 1.29 is 14.3 Å². The Morgan fingerprint density at radius 2 is 2.29 bits per heavy atom. The Morgan fingerprint density at radius 1 is 1.48 bits per heavy atom. The molecule has 21 heavy (non-hydrogen) atoms. The van der Waals surface area contributed by atoms with Crippen LogP contribution in [0.3, 0.4) is 0 Å². The maximum Gasteiger partial charge on any atom is 0.226 e. The maximum atomic E-state index is 11.9. The molecule has 2 fully saturated rings. The predicted molar refractivity (Wildman–Crippen MR) is 76.7 cm³/mol. The van der Waals surface area contributed by atoms with E-state index in [1.54, 1.807) is 0 Å². The van der Waals surface area contributed by atoms with Crippen molar-refractivity contribution in [2.45, 2.75) is 57.3 Å². The molecule has 0 bridgehead atoms. The lowest BCUT2D eigenvalue weighted by molar-refractivity contribution is -0.186. The molecule has 2 heterocycles. The van der Waals surface area contributed by atoms with Crippen molar-refractivity contribution in [3.05, 3.63) is 17.5 Å². The van der Waals surface area contributed by atoms with Gasteiger partial charge in [-0.25, -0.2) is 0 Å². The second kappa shape index (κ2) is 6.15. The van der Waals surface area contributed by atoms with Crippen molar-refractivity contribution in [1.82, 2.24) is 15.5 Å². The number of ether oxygens (including phenoxy) is 2. The van der Waals surface area contributed by atoms with Gasteiger partial charge in [-0.15, -0.1) is 0 Å². The smallest absolute Gasteiger partial charge is 0.226 e. The molecule has 1 spiro atoms. The van der Waals surface area contributed by atoms with Gasteiger partial charge >= 0.3 is 0 Å². The van der Waals surface area contributed by atoms with Crippen molar-refractivity contribution in [1.29, 1.82) is 0 Å². The fourth-order valence-electron chi connectivity index (χ4n) is 3.09. The number of carbonyl (C=O) groups excluding carboxylic acids is 1. The lowest BCUT2D eigenvalue weighted by Gasteiger charge is -2.31. The molecule has 2 aliphatic rings. The molecule has 0 unspecified atom stereocenters. The molecule has 1 saturated heterocycles. The number of aryl methyl sites for hydroxylation is 1. The van der Waals surface area contributed by atoms with E-state index in [4.69, 9.17) is 9.47 Å². The lowest BCUT2D eigenvalue weighted by Crippen LogP contribution is -2.37. The van der Waals surface area contributed by atoms with Gasteiger partial charge in [-0.2, -0.15) is 5.10 Å². The van der Waals surface area contributed by atoms with E-state index in [9.17, 15) is 4.79 Å². The van der Waals surface area contributed by atoms with Crippen LogP contribution in [0.5, 0.6) is 0 Å². The van der Waals surface area contributed by atoms with Gasteiger partial charge in [0, 0.05) is 25.1 Å². The van der Waals surface area contributed by atoms with Crippen LogP contribution in [-0.2, 0) is 20.7 Å². The largest absolute Gasteiger partial charge is 0.353 e. The SMILES string of the molecule is Cc1cc(CC(=O)NC[C@H]2COC3(CCCCC3)O2)n[nH]1. The third kappa shape index (κ3) is 3.63. The second-order valence-electron chi connectivity index (χ2n) is 6.05. The van der Waals surface area contributed by atoms with E-state index < -0.39 is 0 Å². The van der Waals surface area contributed by atoms with Crippen LogP contribution in [0, 0.1) is 6.92 Å². The summed E-state index contributed by atoms with van der Waals surface area (Å²) >= 11 is 0. The summed E-state index contributed by atoms with van der Waals surface area (Å²) in [7, 11) is 0. The van der Waals surface area contributed by atoms with Gasteiger partial charge in [0.2, 0.25) is 5.91 Å². The first kappa shape index (κ1) is 14.5. The molecule has 1 aromatic rings. The maximum absolute atomic E-state index is 11.9. The van der Waals surface area contributed by atoms with E-state index in [1.807, 2.05) is 13.0 Å². The number of rotatable bonds is 4. The second-order valence-corrected chi connectivity index (χ2v) is 6.05. The number of carbonyl (C=O) groups is 1. The fourth-order valence-corrected chi connectivity index (χ4v) is 3.09. The molecule has 1 atom stereocenters. The highest BCUT2D eigenvalue weighted by molar-refractivity contribution is 5.78. The van der Waals surface area contributed by atoms with E-state index in [1.165, 1.54) is 6.42 Å². The highest BCUT2D eigenvalue weighted by atomic mass is 16.7. The summed E-state index contributed by atoms with van der Waals surface area (Å²) in [6.07, 6.45) is 5.80. The molecule has 1 aliphatic carbocycles. The van der Waals surface area contributed by atoms with Gasteiger partial charge in [-0.1, -0.05) is 6.42 Å². The number of hydrogen-bond acceptors (Lipinski definition) is 4. The highest BCUT2D eigenvalue weighted by Crippen LogP contribution is 2.37. The minimum Gasteiger partial charge on any atom is -0.353 e. The van der Waals surface area contributed by atoms with Crippen molar-refractivity contribution in [3.63, 3.8) is 0 Å². The van der Waals surface area contributed by atoms with E-state index >= 15 is 0 Å². The predicted octanol–water partition coefficient (Wildman–Crippen LogP) is 1.45. The number of hydrogen-bond donors (Lipinski definition) is 2. The van der Waals surface area contributed by atoms with E-state index in [0.717, 1.165) is 37.1 Å². The third-order valence-electron chi connectivity index (χ3n) is 4.16. The van der Waals surface area contributed by atoms with Crippen LogP contribution in [0.15, 0.2) is 6.07 Å². The van der Waals surface area contributed by atoms with Gasteiger partial charge < -0.3 is 14.8 Å². The van der Waals surface area contributed by atoms with Crippen molar-refractivity contribution in [2.75, 3.05) is 13.2 Å². The number of aromatic nitrogens is 2. The van der Waals surface area contributed by atoms with E-state index in [-0.39, 0.29) is 17.8 Å². The lowest BCUT2D eigenvalue weighted by atomic mass is 9.94. The monoisotopic (exact) mass is 293 g/mol. The molecule has 3 rings (SSSR count). The molecule has 1 saturated carbocycles. The Morgan fingerprint density at radius 3 is 3.00 bits per heavy atom. The average molecular weight is 293 g/mol. The summed E-state index contributed by atoms with van der Waals surface area (Å²) in [5.74, 6) is -0.401. The first-order chi connectivity index (χ1) is 10.2. The summed E-state index contributed by atoms with van der Waals surface area (Å²) in [5.41, 5.74) is 1.72. The number of nitrogens with one attached hydrogen (secondary N) is 2. The Balaban J connectivity index is 1.42. The summed E-state index contributed by atoms with van der Waals surface area (Å²) in [5, 5.41) is 9.80. The van der Waals surface area contributed by atoms with Crippen LogP contribution >= 0.6 is 0 Å². The molecular formula is C15H23N3O3. The first-order valence-electron chi connectivity index (χ1n) is 7.75. The van der Waals surface area contributed by atoms with Crippen LogP contribution in [-0.4, -0.2) is 41.1 Å². The van der Waals surface area contributed by atoms with E-state index in [2.05, 4.69) is 15.5 Å². The molecule has 0 aromatic carbocycles. The number of aromatic amines is 1. The Kier molecular flexibility index (Phi) is 4.26. The third-order valence-corrected chi connectivity index (χ3v) is 4.16. The summed E-state index contributed by atoms with van der Waals surface area (Å²) in [4.78, 5) is 11.9. The molecule has 1 amide bonds. The zero-order chi connectivity index (χ0) is 14.7. The molecule has 2 N–H and O–H groups in total. The summed E-state index contributed by atoms with van der Waals surface area (Å²) < 4.78 is 11.9. The number of amides is 1. The van der Waals surface area contributed by atoms with Gasteiger partial charge in [0.05, 0.1) is 18.7 Å². The topological polar surface area (TPSA) is 76.2 Å². The van der Waals surface area contributed by atoms with Gasteiger partial charge in [0.1, 0.15) is 6.10 Å². The first-order valence-corrected chi connectivity index (χ1v) is 7.75. The number of nitrogens with zero attached hydrogens (tertiary/aromatic N) is 1. The van der Waals surface area contributed by atoms with Crippen LogP contribution in [0.2, 0.25) is 0 Å². The van der Waals surface area contributed by atoms with Gasteiger partial charge in [-0.05, 0) is 25.8 Å². The molecule has 1 aromatic heterocycles. The molecule has 6 nitrogen and oxygen atoms in total. The normalized spacial score (nSPS) is 24.3. The van der Waals surface area contributed by atoms with E-state index in [0.29, 0.717) is 19.6 Å². The number of H-pyrrole nitrogens is 1. The Labute approximate surface area is 124 Å². The minimum atomic E-state index is -0.368. The van der Waals surface area contributed by atoms with Crippen LogP contribution in [0.4, 0.5) is 0 Å². The molecule has 6 heteroatoms. The Bertz CT molecular complexity index is 494. The quantitative estimate of drug-likeness (QED) is 0.881. The Hall–Kier alpha value is -1.40. The molecule has 116 valence electrons. The molecule has 0 radical (unpaired) electrons.